The van der Waals surface area contributed by atoms with Crippen LogP contribution in [0.4, 0.5) is 0 Å². The molecule has 0 saturated heterocycles. The number of aliphatic hydroxyl groups is 1. The average molecular weight is 239 g/mol. The number of nitrogens with one attached hydrogen (secondary N) is 1. The molecule has 4 heteroatoms. The molecule has 0 unspecified atom stereocenters. The number of rotatable bonds is 9. The molecule has 0 aliphatic rings. The van der Waals surface area contributed by atoms with Gasteiger partial charge in [0.1, 0.15) is 0 Å². The first-order chi connectivity index (χ1) is 8.24. The van der Waals surface area contributed by atoms with Gasteiger partial charge in [-0.25, -0.2) is 0 Å². The molecule has 0 fully saturated rings. The fourth-order valence-electron chi connectivity index (χ4n) is 1.69. The maximum Gasteiger partial charge on any atom is 0.0762 e. The molecule has 0 aliphatic heterocycles. The summed E-state index contributed by atoms with van der Waals surface area (Å²) in [5, 5.41) is 16.5. The minimum Gasteiger partial charge on any atom is -0.396 e. The smallest absolute Gasteiger partial charge is 0.0762 e. The van der Waals surface area contributed by atoms with E-state index in [9.17, 15) is 0 Å². The lowest BCUT2D eigenvalue weighted by Gasteiger charge is -2.04. The Bertz CT molecular complexity index is 297. The quantitative estimate of drug-likeness (QED) is 0.649. The fraction of sp³-hybridized carbons (Fsp3) is 0.769. The number of hydrogen-bond acceptors (Lipinski definition) is 3. The van der Waals surface area contributed by atoms with Gasteiger partial charge < -0.3 is 10.4 Å². The lowest BCUT2D eigenvalue weighted by atomic mass is 10.2. The topological polar surface area (TPSA) is 50.1 Å². The van der Waals surface area contributed by atoms with Gasteiger partial charge >= 0.3 is 0 Å². The fourth-order valence-corrected chi connectivity index (χ4v) is 1.69. The van der Waals surface area contributed by atoms with Gasteiger partial charge in [-0.05, 0) is 39.3 Å². The van der Waals surface area contributed by atoms with Crippen molar-refractivity contribution in [1.29, 1.82) is 0 Å². The van der Waals surface area contributed by atoms with Gasteiger partial charge in [-0.3, -0.25) is 4.68 Å². The summed E-state index contributed by atoms with van der Waals surface area (Å²) in [5.74, 6) is 0. The Labute approximate surface area is 104 Å². The number of aliphatic hydroxyl groups excluding tert-OH is 1. The third-order valence-electron chi connectivity index (χ3n) is 2.76. The van der Waals surface area contributed by atoms with Crippen LogP contribution in [0.2, 0.25) is 0 Å². The van der Waals surface area contributed by atoms with Gasteiger partial charge in [-0.15, -0.1) is 0 Å². The second kappa shape index (κ2) is 8.25. The van der Waals surface area contributed by atoms with E-state index in [4.69, 9.17) is 5.11 Å². The zero-order valence-electron chi connectivity index (χ0n) is 11.0. The highest BCUT2D eigenvalue weighted by atomic mass is 16.2. The van der Waals surface area contributed by atoms with Crippen LogP contribution >= 0.6 is 0 Å². The van der Waals surface area contributed by atoms with Crippen LogP contribution < -0.4 is 5.32 Å². The first-order valence-corrected chi connectivity index (χ1v) is 6.59. The lowest BCUT2D eigenvalue weighted by molar-refractivity contribution is 0.282. The van der Waals surface area contributed by atoms with Crippen molar-refractivity contribution in [3.8, 4) is 0 Å². The molecule has 2 N–H and O–H groups in total. The summed E-state index contributed by atoms with van der Waals surface area (Å²) in [7, 11) is 0. The van der Waals surface area contributed by atoms with Crippen molar-refractivity contribution in [2.24, 2.45) is 0 Å². The largest absolute Gasteiger partial charge is 0.396 e. The monoisotopic (exact) mass is 239 g/mol. The second-order valence-corrected chi connectivity index (χ2v) is 4.70. The predicted molar refractivity (Wildman–Crippen MR) is 69.9 cm³/mol. The van der Waals surface area contributed by atoms with Gasteiger partial charge in [0.05, 0.1) is 5.69 Å². The first kappa shape index (κ1) is 14.2. The summed E-state index contributed by atoms with van der Waals surface area (Å²) in [6, 6.07) is 2.50. The Morgan fingerprint density at radius 1 is 1.29 bits per heavy atom. The van der Waals surface area contributed by atoms with Crippen molar-refractivity contribution >= 4 is 0 Å². The van der Waals surface area contributed by atoms with Crippen LogP contribution in [-0.4, -0.2) is 28.0 Å². The van der Waals surface area contributed by atoms with E-state index < -0.39 is 0 Å². The highest BCUT2D eigenvalue weighted by Gasteiger charge is 2.00. The van der Waals surface area contributed by atoms with Crippen molar-refractivity contribution in [2.75, 3.05) is 13.2 Å². The van der Waals surface area contributed by atoms with Gasteiger partial charge in [0, 0.05) is 25.4 Å². The molecule has 17 heavy (non-hydrogen) atoms. The van der Waals surface area contributed by atoms with E-state index in [2.05, 4.69) is 30.3 Å². The van der Waals surface area contributed by atoms with Crippen LogP contribution in [0.15, 0.2) is 12.3 Å². The molecular formula is C13H25N3O. The van der Waals surface area contributed by atoms with Gasteiger partial charge in [-0.2, -0.15) is 5.10 Å². The minimum atomic E-state index is 0.320. The van der Waals surface area contributed by atoms with Crippen LogP contribution in [-0.2, 0) is 6.54 Å². The summed E-state index contributed by atoms with van der Waals surface area (Å²) in [6.45, 7) is 6.45. The van der Waals surface area contributed by atoms with Gasteiger partial charge in [-0.1, -0.05) is 12.8 Å². The Balaban J connectivity index is 2.05. The number of nitrogens with zero attached hydrogens (tertiary/aromatic N) is 2. The van der Waals surface area contributed by atoms with Crippen LogP contribution in [0.3, 0.4) is 0 Å². The zero-order chi connectivity index (χ0) is 12.5. The molecule has 1 rings (SSSR count). The first-order valence-electron chi connectivity index (χ1n) is 6.59. The van der Waals surface area contributed by atoms with Crippen LogP contribution in [0.1, 0.15) is 51.3 Å². The summed E-state index contributed by atoms with van der Waals surface area (Å²) in [4.78, 5) is 0. The van der Waals surface area contributed by atoms with E-state index in [-0.39, 0.29) is 0 Å². The Morgan fingerprint density at radius 3 is 2.71 bits per heavy atom. The van der Waals surface area contributed by atoms with E-state index in [1.165, 1.54) is 12.8 Å². The van der Waals surface area contributed by atoms with E-state index in [0.717, 1.165) is 31.6 Å². The number of unbranched alkanes of at least 4 members (excludes halogenated alkanes) is 3. The van der Waals surface area contributed by atoms with Crippen LogP contribution in [0, 0.1) is 0 Å². The summed E-state index contributed by atoms with van der Waals surface area (Å²) >= 11 is 0. The van der Waals surface area contributed by atoms with Crippen LogP contribution in [0.5, 0.6) is 0 Å². The molecule has 0 spiro atoms. The highest BCUT2D eigenvalue weighted by Crippen LogP contribution is 2.04. The molecule has 4 nitrogen and oxygen atoms in total. The molecule has 0 amide bonds. The molecule has 0 aliphatic carbocycles. The molecule has 0 saturated carbocycles. The predicted octanol–water partition coefficient (Wildman–Crippen LogP) is 2.11. The maximum atomic E-state index is 8.64. The molecular weight excluding hydrogens is 214 g/mol. The molecule has 0 atom stereocenters. The van der Waals surface area contributed by atoms with Gasteiger partial charge in [0.15, 0.2) is 0 Å². The van der Waals surface area contributed by atoms with Crippen molar-refractivity contribution in [2.45, 2.75) is 52.1 Å². The van der Waals surface area contributed by atoms with Crippen LogP contribution in [0.25, 0.3) is 0 Å². The molecule has 0 radical (unpaired) electrons. The number of hydrogen-bond donors (Lipinski definition) is 2. The standard InChI is InChI=1S/C13H25N3O/c1-12(2)16-9-7-13(15-16)11-14-8-5-3-4-6-10-17/h7,9,12,14,17H,3-6,8,10-11H2,1-2H3. The molecule has 1 aromatic heterocycles. The van der Waals surface area contributed by atoms with Crippen molar-refractivity contribution < 1.29 is 5.11 Å². The normalized spacial score (nSPS) is 11.3. The molecule has 0 aromatic carbocycles. The lowest BCUT2D eigenvalue weighted by Crippen LogP contribution is -2.15. The SMILES string of the molecule is CC(C)n1ccc(CNCCCCCCO)n1. The van der Waals surface area contributed by atoms with E-state index in [1.807, 2.05) is 10.9 Å². The minimum absolute atomic E-state index is 0.320. The molecule has 1 aromatic rings. The number of aromatic nitrogens is 2. The average Bonchev–Trinajstić information content (AvgIpc) is 2.77. The van der Waals surface area contributed by atoms with Crippen molar-refractivity contribution in [3.05, 3.63) is 18.0 Å². The summed E-state index contributed by atoms with van der Waals surface area (Å²) in [6.07, 6.45) is 6.45. The van der Waals surface area contributed by atoms with E-state index in [0.29, 0.717) is 12.6 Å². The van der Waals surface area contributed by atoms with E-state index >= 15 is 0 Å². The molecule has 1 heterocycles. The van der Waals surface area contributed by atoms with Gasteiger partial charge in [0.2, 0.25) is 0 Å². The van der Waals surface area contributed by atoms with Crippen molar-refractivity contribution in [3.63, 3.8) is 0 Å². The highest BCUT2D eigenvalue weighted by molar-refractivity contribution is 4.98. The summed E-state index contributed by atoms with van der Waals surface area (Å²) < 4.78 is 1.98. The zero-order valence-corrected chi connectivity index (χ0v) is 11.0. The van der Waals surface area contributed by atoms with Gasteiger partial charge in [0.25, 0.3) is 0 Å². The van der Waals surface area contributed by atoms with E-state index in [1.54, 1.807) is 0 Å². The summed E-state index contributed by atoms with van der Waals surface area (Å²) in [5.41, 5.74) is 1.11. The Hall–Kier alpha value is -0.870. The molecule has 0 bridgehead atoms. The maximum absolute atomic E-state index is 8.64. The Kier molecular flexibility index (Phi) is 6.89. The molecule has 98 valence electrons. The second-order valence-electron chi connectivity index (χ2n) is 4.70. The third-order valence-corrected chi connectivity index (χ3v) is 2.76. The third kappa shape index (κ3) is 5.84. The van der Waals surface area contributed by atoms with Crippen molar-refractivity contribution in [1.82, 2.24) is 15.1 Å². The Morgan fingerprint density at radius 2 is 2.06 bits per heavy atom.